The topological polar surface area (TPSA) is 92.5 Å². The van der Waals surface area contributed by atoms with Crippen LogP contribution in [0.2, 0.25) is 0 Å². The van der Waals surface area contributed by atoms with Gasteiger partial charge in [-0.3, -0.25) is 5.10 Å². The Hall–Kier alpha value is -2.18. The van der Waals surface area contributed by atoms with E-state index >= 15 is 0 Å². The van der Waals surface area contributed by atoms with E-state index in [0.717, 1.165) is 5.56 Å². The van der Waals surface area contributed by atoms with E-state index in [2.05, 4.69) is 25.5 Å². The van der Waals surface area contributed by atoms with Gasteiger partial charge in [-0.1, -0.05) is 6.92 Å². The quantitative estimate of drug-likeness (QED) is 0.739. The van der Waals surface area contributed by atoms with Crippen LogP contribution >= 0.6 is 0 Å². The molecular weight excluding hydrogens is 223 g/mol. The maximum Gasteiger partial charge on any atom is 0.186 e. The van der Waals surface area contributed by atoms with Gasteiger partial charge >= 0.3 is 0 Å². The van der Waals surface area contributed by atoms with E-state index in [-0.39, 0.29) is 5.82 Å². The number of aryl methyl sites for hydroxylation is 1. The van der Waals surface area contributed by atoms with Gasteiger partial charge in [-0.25, -0.2) is 14.4 Å². The minimum Gasteiger partial charge on any atom is -0.384 e. The molecular formula is C10H13FN6. The second-order valence-corrected chi connectivity index (χ2v) is 3.50. The van der Waals surface area contributed by atoms with E-state index in [1.54, 1.807) is 6.20 Å². The van der Waals surface area contributed by atoms with Crippen LogP contribution in [0.4, 0.5) is 16.0 Å². The van der Waals surface area contributed by atoms with Crippen LogP contribution in [0.1, 0.15) is 18.2 Å². The summed E-state index contributed by atoms with van der Waals surface area (Å²) in [6.07, 6.45) is 3.45. The van der Waals surface area contributed by atoms with Gasteiger partial charge < -0.3 is 11.1 Å². The van der Waals surface area contributed by atoms with Crippen LogP contribution in [0, 0.1) is 5.82 Å². The second-order valence-electron chi connectivity index (χ2n) is 3.50. The highest BCUT2D eigenvalue weighted by Gasteiger charge is 2.10. The van der Waals surface area contributed by atoms with Gasteiger partial charge in [-0.05, 0) is 6.42 Å². The Bertz CT molecular complexity index is 509. The van der Waals surface area contributed by atoms with E-state index in [4.69, 9.17) is 5.73 Å². The van der Waals surface area contributed by atoms with Crippen molar-refractivity contribution >= 4 is 11.6 Å². The molecule has 0 fully saturated rings. The van der Waals surface area contributed by atoms with Crippen LogP contribution in [-0.2, 0) is 13.0 Å². The van der Waals surface area contributed by atoms with Gasteiger partial charge in [0.05, 0.1) is 11.9 Å². The molecule has 0 radical (unpaired) electrons. The average Bonchev–Trinajstić information content (AvgIpc) is 2.74. The SMILES string of the molecule is CCc1ncnc(NCc2cn[nH]c2N)c1F. The first-order chi connectivity index (χ1) is 8.22. The van der Waals surface area contributed by atoms with E-state index in [9.17, 15) is 4.39 Å². The third-order valence-electron chi connectivity index (χ3n) is 2.39. The molecule has 2 rings (SSSR count). The van der Waals surface area contributed by atoms with E-state index in [1.165, 1.54) is 6.33 Å². The van der Waals surface area contributed by atoms with Crippen molar-refractivity contribution in [2.75, 3.05) is 11.1 Å². The average molecular weight is 236 g/mol. The summed E-state index contributed by atoms with van der Waals surface area (Å²) in [6.45, 7) is 2.20. The van der Waals surface area contributed by atoms with Crippen molar-refractivity contribution < 1.29 is 4.39 Å². The zero-order valence-electron chi connectivity index (χ0n) is 9.37. The van der Waals surface area contributed by atoms with Gasteiger partial charge in [0.25, 0.3) is 0 Å². The van der Waals surface area contributed by atoms with Crippen molar-refractivity contribution in [2.45, 2.75) is 19.9 Å². The molecule has 7 heteroatoms. The molecule has 6 nitrogen and oxygen atoms in total. The van der Waals surface area contributed by atoms with Gasteiger partial charge in [-0.15, -0.1) is 0 Å². The number of hydrogen-bond donors (Lipinski definition) is 3. The highest BCUT2D eigenvalue weighted by molar-refractivity contribution is 5.42. The number of rotatable bonds is 4. The lowest BCUT2D eigenvalue weighted by atomic mass is 10.3. The van der Waals surface area contributed by atoms with Gasteiger partial charge in [0.15, 0.2) is 11.6 Å². The minimum atomic E-state index is -0.419. The fourth-order valence-corrected chi connectivity index (χ4v) is 1.42. The van der Waals surface area contributed by atoms with Crippen molar-refractivity contribution in [1.82, 2.24) is 20.2 Å². The maximum atomic E-state index is 13.8. The lowest BCUT2D eigenvalue weighted by molar-refractivity contribution is 0.596. The summed E-state index contributed by atoms with van der Waals surface area (Å²) < 4.78 is 13.8. The summed E-state index contributed by atoms with van der Waals surface area (Å²) in [5.41, 5.74) is 6.77. The number of nitrogens with two attached hydrogens (primary N) is 1. The number of anilines is 2. The van der Waals surface area contributed by atoms with Crippen molar-refractivity contribution in [3.8, 4) is 0 Å². The molecule has 4 N–H and O–H groups in total. The van der Waals surface area contributed by atoms with Crippen molar-refractivity contribution in [2.24, 2.45) is 0 Å². The minimum absolute atomic E-state index is 0.178. The molecule has 0 saturated heterocycles. The molecule has 0 aliphatic carbocycles. The Morgan fingerprint density at radius 2 is 2.29 bits per heavy atom. The normalized spacial score (nSPS) is 10.5. The zero-order chi connectivity index (χ0) is 12.3. The molecule has 0 aliphatic heterocycles. The number of nitrogens with one attached hydrogen (secondary N) is 2. The van der Waals surface area contributed by atoms with E-state index in [1.807, 2.05) is 6.92 Å². The Morgan fingerprint density at radius 3 is 2.94 bits per heavy atom. The van der Waals surface area contributed by atoms with Crippen LogP contribution in [0.3, 0.4) is 0 Å². The van der Waals surface area contributed by atoms with Gasteiger partial charge in [0.2, 0.25) is 0 Å². The van der Waals surface area contributed by atoms with E-state index in [0.29, 0.717) is 24.5 Å². The Morgan fingerprint density at radius 1 is 1.47 bits per heavy atom. The molecule has 17 heavy (non-hydrogen) atoms. The van der Waals surface area contributed by atoms with Crippen LogP contribution in [0.15, 0.2) is 12.5 Å². The monoisotopic (exact) mass is 236 g/mol. The predicted octanol–water partition coefficient (Wildman–Crippen LogP) is 1.10. The molecule has 0 amide bonds. The third-order valence-corrected chi connectivity index (χ3v) is 2.39. The maximum absolute atomic E-state index is 13.8. The molecule has 0 aliphatic rings. The van der Waals surface area contributed by atoms with Crippen molar-refractivity contribution in [1.29, 1.82) is 0 Å². The van der Waals surface area contributed by atoms with Gasteiger partial charge in [-0.2, -0.15) is 5.10 Å². The summed E-state index contributed by atoms with van der Waals surface area (Å²) in [5.74, 6) is 0.220. The van der Waals surface area contributed by atoms with Crippen molar-refractivity contribution in [3.05, 3.63) is 29.6 Å². The molecule has 0 saturated carbocycles. The standard InChI is InChI=1S/C10H13FN6/c1-2-7-8(11)10(15-5-14-7)13-3-6-4-16-17-9(6)12/h4-5H,2-3H2,1H3,(H3,12,16,17)(H,13,14,15). The summed E-state index contributed by atoms with van der Waals surface area (Å²) >= 11 is 0. The Labute approximate surface area is 97.5 Å². The molecule has 2 heterocycles. The number of nitrogen functional groups attached to an aromatic ring is 1. The lowest BCUT2D eigenvalue weighted by Crippen LogP contribution is -2.07. The first kappa shape index (κ1) is 11.3. The fraction of sp³-hybridized carbons (Fsp3) is 0.300. The summed E-state index contributed by atoms with van der Waals surface area (Å²) in [5, 5.41) is 9.24. The molecule has 0 atom stereocenters. The highest BCUT2D eigenvalue weighted by Crippen LogP contribution is 2.15. The predicted molar refractivity (Wildman–Crippen MR) is 61.7 cm³/mol. The molecule has 0 unspecified atom stereocenters. The summed E-state index contributed by atoms with van der Waals surface area (Å²) in [4.78, 5) is 7.70. The summed E-state index contributed by atoms with van der Waals surface area (Å²) in [7, 11) is 0. The highest BCUT2D eigenvalue weighted by atomic mass is 19.1. The fourth-order valence-electron chi connectivity index (χ4n) is 1.42. The summed E-state index contributed by atoms with van der Waals surface area (Å²) in [6, 6.07) is 0. The third kappa shape index (κ3) is 2.32. The smallest absolute Gasteiger partial charge is 0.186 e. The zero-order valence-corrected chi connectivity index (χ0v) is 9.37. The number of nitrogens with zero attached hydrogens (tertiary/aromatic N) is 3. The van der Waals surface area contributed by atoms with E-state index < -0.39 is 5.82 Å². The number of hydrogen-bond acceptors (Lipinski definition) is 5. The first-order valence-corrected chi connectivity index (χ1v) is 5.23. The number of H-pyrrole nitrogens is 1. The van der Waals surface area contributed by atoms with Crippen LogP contribution < -0.4 is 11.1 Å². The molecule has 0 spiro atoms. The molecule has 2 aromatic rings. The number of aromatic nitrogens is 4. The Balaban J connectivity index is 2.12. The van der Waals surface area contributed by atoms with Crippen LogP contribution in [0.25, 0.3) is 0 Å². The van der Waals surface area contributed by atoms with Crippen LogP contribution in [-0.4, -0.2) is 20.2 Å². The molecule has 90 valence electrons. The number of halogens is 1. The lowest BCUT2D eigenvalue weighted by Gasteiger charge is -2.07. The van der Waals surface area contributed by atoms with Gasteiger partial charge in [0, 0.05) is 12.1 Å². The second kappa shape index (κ2) is 4.77. The molecule has 0 aromatic carbocycles. The molecule has 0 bridgehead atoms. The van der Waals surface area contributed by atoms with Crippen LogP contribution in [0.5, 0.6) is 0 Å². The van der Waals surface area contributed by atoms with Gasteiger partial charge in [0.1, 0.15) is 12.1 Å². The first-order valence-electron chi connectivity index (χ1n) is 5.23. The molecule has 2 aromatic heterocycles. The Kier molecular flexibility index (Phi) is 3.17. The number of aromatic amines is 1. The largest absolute Gasteiger partial charge is 0.384 e. The van der Waals surface area contributed by atoms with Crippen molar-refractivity contribution in [3.63, 3.8) is 0 Å².